The van der Waals surface area contributed by atoms with Crippen molar-refractivity contribution in [1.82, 2.24) is 0 Å². The fourth-order valence-electron chi connectivity index (χ4n) is 4.19. The van der Waals surface area contributed by atoms with Crippen molar-refractivity contribution in [2.24, 2.45) is 0 Å². The predicted molar refractivity (Wildman–Crippen MR) is 182 cm³/mol. The van der Waals surface area contributed by atoms with Crippen molar-refractivity contribution in [2.75, 3.05) is 7.11 Å². The van der Waals surface area contributed by atoms with Gasteiger partial charge in [0.2, 0.25) is 0 Å². The van der Waals surface area contributed by atoms with E-state index in [-0.39, 0.29) is 32.1 Å². The summed E-state index contributed by atoms with van der Waals surface area (Å²) in [6, 6.07) is 25.8. The van der Waals surface area contributed by atoms with Crippen LogP contribution in [0.5, 0.6) is 11.5 Å². The third-order valence-electron chi connectivity index (χ3n) is 6.90. The molecule has 4 aromatic carbocycles. The molecule has 0 heterocycles. The quantitative estimate of drug-likeness (QED) is 0.126. The van der Waals surface area contributed by atoms with Crippen molar-refractivity contribution in [3.63, 3.8) is 0 Å². The Morgan fingerprint density at radius 1 is 0.568 bits per heavy atom. The van der Waals surface area contributed by atoms with Crippen LogP contribution in [-0.2, 0) is 33.6 Å². The van der Waals surface area contributed by atoms with Crippen LogP contribution in [0.25, 0.3) is 0 Å². The van der Waals surface area contributed by atoms with Crippen molar-refractivity contribution in [3.05, 3.63) is 115 Å². The summed E-state index contributed by atoms with van der Waals surface area (Å²) in [7, 11) is -7.17. The number of halogens is 1. The second-order valence-corrected chi connectivity index (χ2v) is 20.5. The molecule has 0 saturated carbocycles. The van der Waals surface area contributed by atoms with Gasteiger partial charge in [0.25, 0.3) is 0 Å². The predicted octanol–water partition coefficient (Wildman–Crippen LogP) is 8.23. The van der Waals surface area contributed by atoms with Gasteiger partial charge in [-0.2, -0.15) is 0 Å². The number of hydrogen-bond acceptors (Lipinski definition) is 7. The summed E-state index contributed by atoms with van der Waals surface area (Å²) in [6.07, 6.45) is 0. The van der Waals surface area contributed by atoms with Crippen LogP contribution in [0.15, 0.2) is 101 Å². The Labute approximate surface area is 269 Å². The molecule has 7 nitrogen and oxygen atoms in total. The van der Waals surface area contributed by atoms with Gasteiger partial charge in [0.1, 0.15) is 0 Å². The maximum atomic E-state index is 13.8. The molecule has 4 rings (SSSR count). The first-order valence-electron chi connectivity index (χ1n) is 14.0. The number of rotatable bonds is 9. The van der Waals surface area contributed by atoms with Gasteiger partial charge >= 0.3 is 264 Å². The van der Waals surface area contributed by atoms with E-state index in [1.165, 1.54) is 37.4 Å². The van der Waals surface area contributed by atoms with Gasteiger partial charge in [-0.05, 0) is 6.92 Å². The number of methoxy groups -OCH3 is 1. The van der Waals surface area contributed by atoms with Crippen molar-refractivity contribution >= 4 is 40.5 Å². The van der Waals surface area contributed by atoms with Crippen LogP contribution >= 0.6 is 20.2 Å². The molecule has 0 fully saturated rings. The Hall–Kier alpha value is -2.93. The normalized spacial score (nSPS) is 13.0. The fraction of sp³-hybridized carbons (Fsp3) is 0.294. The topological polar surface area (TPSA) is 96.0 Å². The first kappa shape index (κ1) is 34.0. The number of ether oxygens (including phenoxy) is 1. The molecule has 0 bridgehead atoms. The van der Waals surface area contributed by atoms with Crippen LogP contribution in [0.4, 0.5) is 0 Å². The van der Waals surface area contributed by atoms with E-state index in [1.807, 2.05) is 55.5 Å². The van der Waals surface area contributed by atoms with E-state index in [9.17, 15) is 16.8 Å². The first-order valence-corrected chi connectivity index (χ1v) is 19.8. The van der Waals surface area contributed by atoms with Gasteiger partial charge in [0.05, 0.1) is 0 Å². The molecule has 0 saturated heterocycles. The zero-order valence-corrected chi connectivity index (χ0v) is 30.0. The van der Waals surface area contributed by atoms with E-state index in [4.69, 9.17) is 11.4 Å². The summed E-state index contributed by atoms with van der Waals surface area (Å²) in [6.45, 7) is 14.6. The van der Waals surface area contributed by atoms with Crippen molar-refractivity contribution in [3.8, 4) is 11.5 Å². The van der Waals surface area contributed by atoms with E-state index in [0.717, 1.165) is 23.8 Å². The minimum absolute atomic E-state index is 0.0326. The molecule has 10 heteroatoms. The monoisotopic (exact) mass is 750 g/mol. The van der Waals surface area contributed by atoms with Crippen LogP contribution in [0.1, 0.15) is 58.2 Å². The fourth-order valence-corrected chi connectivity index (χ4v) is 12.0. The summed E-state index contributed by atoms with van der Waals surface area (Å²) >= 11 is -3.00. The number of aryl methyl sites for hydroxylation is 1. The number of benzene rings is 4. The van der Waals surface area contributed by atoms with Gasteiger partial charge in [-0.3, -0.25) is 0 Å². The third kappa shape index (κ3) is 8.01. The second kappa shape index (κ2) is 12.8. The van der Waals surface area contributed by atoms with Gasteiger partial charge in [0, 0.05) is 0 Å². The maximum absolute atomic E-state index is 13.8. The number of hydrogen-bond donors (Lipinski definition) is 0. The molecule has 0 N–H and O–H groups in total. The Balaban J connectivity index is 1.70. The first-order chi connectivity index (χ1) is 20.4. The zero-order valence-electron chi connectivity index (χ0n) is 26.2. The van der Waals surface area contributed by atoms with Crippen LogP contribution in [-0.4, -0.2) is 23.9 Å². The molecule has 0 atom stereocenters. The Morgan fingerprint density at radius 2 is 1.02 bits per heavy atom. The SMILES string of the molecule is COc1cc(S(=O)(=O)OI(c2ccc(C(C)(C)C)cc2)c2ccc(C(C)(C)C)cc2)ccc1OS(=O)(=O)c1ccc(C)cc1. The molecule has 236 valence electrons. The van der Waals surface area contributed by atoms with E-state index in [0.29, 0.717) is 0 Å². The molecule has 0 aliphatic carbocycles. The van der Waals surface area contributed by atoms with Gasteiger partial charge in [-0.15, -0.1) is 0 Å². The summed E-state index contributed by atoms with van der Waals surface area (Å²) < 4.78 is 71.7. The van der Waals surface area contributed by atoms with Crippen molar-refractivity contribution in [2.45, 2.75) is 69.1 Å². The molecule has 0 spiro atoms. The summed E-state index contributed by atoms with van der Waals surface area (Å²) in [5, 5.41) is 0. The molecular formula is C34H39IO7S2. The van der Waals surface area contributed by atoms with Gasteiger partial charge in [0.15, 0.2) is 0 Å². The molecule has 4 aromatic rings. The molecule has 0 aliphatic rings. The van der Waals surface area contributed by atoms with Crippen LogP contribution in [0.2, 0.25) is 0 Å². The van der Waals surface area contributed by atoms with E-state index >= 15 is 0 Å². The minimum atomic E-state index is -4.30. The van der Waals surface area contributed by atoms with Gasteiger partial charge in [-0.25, -0.2) is 0 Å². The second-order valence-electron chi connectivity index (χ2n) is 12.4. The Morgan fingerprint density at radius 3 is 1.45 bits per heavy atom. The van der Waals surface area contributed by atoms with E-state index < -0.39 is 40.5 Å². The standard InChI is InChI=1S/C34H39IO7S2/c1-24-9-19-29(20-10-24)43(36,37)41-31-22-21-30(23-32(31)40-8)44(38,39)42-35(27-15-11-25(12-16-27)33(2,3)4)28-17-13-26(14-18-28)34(5,6)7/h9-23H,1-8H3. The zero-order chi connectivity index (χ0) is 32.5. The Kier molecular flexibility index (Phi) is 9.89. The average molecular weight is 751 g/mol. The van der Waals surface area contributed by atoms with Gasteiger partial charge in [-0.1, -0.05) is 0 Å². The molecule has 0 radical (unpaired) electrons. The van der Waals surface area contributed by atoms with E-state index in [1.54, 1.807) is 12.1 Å². The van der Waals surface area contributed by atoms with Crippen molar-refractivity contribution in [1.29, 1.82) is 0 Å². The van der Waals surface area contributed by atoms with Gasteiger partial charge < -0.3 is 0 Å². The summed E-state index contributed by atoms with van der Waals surface area (Å²) in [5.74, 6) is -0.201. The molecule has 0 aromatic heterocycles. The van der Waals surface area contributed by atoms with Crippen LogP contribution < -0.4 is 8.92 Å². The van der Waals surface area contributed by atoms with Crippen LogP contribution in [0.3, 0.4) is 0 Å². The van der Waals surface area contributed by atoms with Crippen molar-refractivity contribution < 1.29 is 28.3 Å². The molecule has 0 aliphatic heterocycles. The summed E-state index contributed by atoms with van der Waals surface area (Å²) in [5.41, 5.74) is 3.03. The molecule has 0 unspecified atom stereocenters. The third-order valence-corrected chi connectivity index (χ3v) is 15.5. The van der Waals surface area contributed by atoms with Crippen LogP contribution in [0, 0.1) is 14.1 Å². The molecule has 44 heavy (non-hydrogen) atoms. The summed E-state index contributed by atoms with van der Waals surface area (Å²) in [4.78, 5) is -0.205. The average Bonchev–Trinajstić information content (AvgIpc) is 2.95. The molecular weight excluding hydrogens is 711 g/mol. The Bertz CT molecular complexity index is 1760. The molecule has 0 amide bonds. The van der Waals surface area contributed by atoms with E-state index in [2.05, 4.69) is 41.5 Å².